The van der Waals surface area contributed by atoms with Crippen molar-refractivity contribution in [2.75, 3.05) is 24.2 Å². The number of carbonyl (C=O) groups is 2. The Kier molecular flexibility index (Phi) is 9.67. The van der Waals surface area contributed by atoms with Crippen LogP contribution in [0.1, 0.15) is 38.8 Å². The maximum atomic E-state index is 13.7. The van der Waals surface area contributed by atoms with Crippen LogP contribution >= 0.6 is 23.2 Å². The normalized spacial score (nSPS) is 12.6. The summed E-state index contributed by atoms with van der Waals surface area (Å²) in [6.07, 6.45) is 1.01. The summed E-state index contributed by atoms with van der Waals surface area (Å²) in [4.78, 5) is 28.0. The van der Waals surface area contributed by atoms with Gasteiger partial charge in [-0.25, -0.2) is 8.42 Å². The third-order valence-corrected chi connectivity index (χ3v) is 7.02. The van der Waals surface area contributed by atoms with E-state index in [-0.39, 0.29) is 18.1 Å². The molecule has 0 heterocycles. The van der Waals surface area contributed by atoms with Crippen molar-refractivity contribution in [2.45, 2.75) is 52.7 Å². The van der Waals surface area contributed by atoms with Gasteiger partial charge in [-0.3, -0.25) is 13.9 Å². The summed E-state index contributed by atoms with van der Waals surface area (Å²) in [7, 11) is -2.47. The molecule has 0 saturated heterocycles. The lowest BCUT2D eigenvalue weighted by atomic mass is 10.1. The van der Waals surface area contributed by atoms with Crippen molar-refractivity contribution < 1.29 is 22.7 Å². The van der Waals surface area contributed by atoms with E-state index in [0.717, 1.165) is 16.1 Å². The third-order valence-electron chi connectivity index (χ3n) is 5.30. The molecule has 0 bridgehead atoms. The van der Waals surface area contributed by atoms with Crippen molar-refractivity contribution in [1.82, 2.24) is 10.2 Å². The first-order valence-electron chi connectivity index (χ1n) is 11.2. The lowest BCUT2D eigenvalue weighted by Gasteiger charge is -2.33. The largest absolute Gasteiger partial charge is 0.495 e. The van der Waals surface area contributed by atoms with Gasteiger partial charge in [0.05, 0.1) is 19.1 Å². The minimum atomic E-state index is -3.90. The Morgan fingerprint density at radius 3 is 2.28 bits per heavy atom. The van der Waals surface area contributed by atoms with Crippen molar-refractivity contribution in [1.29, 1.82) is 0 Å². The van der Waals surface area contributed by atoms with E-state index in [2.05, 4.69) is 5.32 Å². The summed E-state index contributed by atoms with van der Waals surface area (Å²) in [5, 5.41) is 3.62. The van der Waals surface area contributed by atoms with Gasteiger partial charge in [0.15, 0.2) is 0 Å². The van der Waals surface area contributed by atoms with E-state index in [1.165, 1.54) is 12.0 Å². The Labute approximate surface area is 223 Å². The fourth-order valence-corrected chi connectivity index (χ4v) is 4.79. The molecule has 0 spiro atoms. The molecule has 2 rings (SSSR count). The molecule has 11 heteroatoms. The van der Waals surface area contributed by atoms with E-state index < -0.39 is 34.1 Å². The number of benzene rings is 2. The molecule has 0 fully saturated rings. The van der Waals surface area contributed by atoms with Gasteiger partial charge in [0, 0.05) is 22.1 Å². The zero-order valence-electron chi connectivity index (χ0n) is 21.6. The molecular weight excluding hydrogens is 525 g/mol. The highest BCUT2D eigenvalue weighted by atomic mass is 35.5. The molecule has 198 valence electrons. The van der Waals surface area contributed by atoms with Gasteiger partial charge in [-0.2, -0.15) is 0 Å². The monoisotopic (exact) mass is 557 g/mol. The Balaban J connectivity index is 2.51. The number of halogens is 2. The van der Waals surface area contributed by atoms with Gasteiger partial charge in [0.2, 0.25) is 21.8 Å². The molecule has 0 aromatic heterocycles. The molecule has 8 nitrogen and oxygen atoms in total. The van der Waals surface area contributed by atoms with Crippen LogP contribution in [0.5, 0.6) is 5.75 Å². The number of nitrogens with zero attached hydrogens (tertiary/aromatic N) is 2. The summed E-state index contributed by atoms with van der Waals surface area (Å²) >= 11 is 12.4. The van der Waals surface area contributed by atoms with Crippen LogP contribution in [0.3, 0.4) is 0 Å². The second-order valence-corrected chi connectivity index (χ2v) is 12.4. The molecule has 0 radical (unpaired) electrons. The predicted molar refractivity (Wildman–Crippen MR) is 144 cm³/mol. The van der Waals surface area contributed by atoms with Crippen molar-refractivity contribution >= 4 is 50.7 Å². The van der Waals surface area contributed by atoms with Gasteiger partial charge in [-0.1, -0.05) is 35.3 Å². The number of rotatable bonds is 9. The molecule has 0 aliphatic heterocycles. The Hall–Kier alpha value is -2.49. The predicted octanol–water partition coefficient (Wildman–Crippen LogP) is 4.41. The average molecular weight is 559 g/mol. The number of ether oxygens (including phenoxy) is 1. The fraction of sp³-hybridized carbons (Fsp3) is 0.440. The molecule has 1 atom stereocenters. The van der Waals surface area contributed by atoms with Gasteiger partial charge in [0.1, 0.15) is 18.3 Å². The van der Waals surface area contributed by atoms with Crippen LogP contribution in [-0.4, -0.2) is 56.6 Å². The molecule has 2 aromatic rings. The Bertz CT molecular complexity index is 1230. The summed E-state index contributed by atoms with van der Waals surface area (Å²) < 4.78 is 31.9. The lowest BCUT2D eigenvalue weighted by Crippen LogP contribution is -2.54. The number of aryl methyl sites for hydroxylation is 1. The van der Waals surface area contributed by atoms with Crippen LogP contribution in [-0.2, 0) is 26.2 Å². The van der Waals surface area contributed by atoms with Gasteiger partial charge in [0.25, 0.3) is 0 Å². The van der Waals surface area contributed by atoms with E-state index in [1.54, 1.807) is 50.2 Å². The van der Waals surface area contributed by atoms with Crippen LogP contribution < -0.4 is 14.4 Å². The van der Waals surface area contributed by atoms with Crippen molar-refractivity contribution in [2.24, 2.45) is 0 Å². The number of hydrogen-bond donors (Lipinski definition) is 1. The van der Waals surface area contributed by atoms with Crippen LogP contribution in [0.25, 0.3) is 0 Å². The number of amides is 2. The summed E-state index contributed by atoms with van der Waals surface area (Å²) in [5.41, 5.74) is 1.04. The van der Waals surface area contributed by atoms with E-state index in [9.17, 15) is 18.0 Å². The molecule has 36 heavy (non-hydrogen) atoms. The molecule has 0 saturated carbocycles. The van der Waals surface area contributed by atoms with Crippen LogP contribution in [0.15, 0.2) is 36.4 Å². The van der Waals surface area contributed by atoms with Gasteiger partial charge in [-0.05, 0) is 70.0 Å². The number of nitrogens with one attached hydrogen (secondary N) is 1. The van der Waals surface area contributed by atoms with Gasteiger partial charge < -0.3 is 15.0 Å². The van der Waals surface area contributed by atoms with E-state index in [4.69, 9.17) is 27.9 Å². The zero-order valence-corrected chi connectivity index (χ0v) is 23.9. The summed E-state index contributed by atoms with van der Waals surface area (Å²) in [6, 6.07) is 8.95. The molecule has 0 aliphatic rings. The van der Waals surface area contributed by atoms with E-state index in [0.29, 0.717) is 21.4 Å². The zero-order chi connectivity index (χ0) is 27.4. The minimum Gasteiger partial charge on any atom is -0.495 e. The SMILES string of the molecule is COc1ccc(C)cc1N(CC(=O)N(Cc1ccc(Cl)cc1Cl)[C@H](C)C(=O)NC(C)(C)C)S(C)(=O)=O. The quantitative estimate of drug-likeness (QED) is 0.492. The van der Waals surface area contributed by atoms with Crippen molar-refractivity contribution in [3.63, 3.8) is 0 Å². The number of carbonyl (C=O) groups excluding carboxylic acids is 2. The Morgan fingerprint density at radius 2 is 1.75 bits per heavy atom. The second kappa shape index (κ2) is 11.7. The minimum absolute atomic E-state index is 0.0316. The summed E-state index contributed by atoms with van der Waals surface area (Å²) in [6.45, 7) is 8.30. The number of hydrogen-bond acceptors (Lipinski definition) is 5. The number of sulfonamides is 1. The highest BCUT2D eigenvalue weighted by Gasteiger charge is 2.32. The van der Waals surface area contributed by atoms with E-state index in [1.807, 2.05) is 20.8 Å². The average Bonchev–Trinajstić information content (AvgIpc) is 2.74. The van der Waals surface area contributed by atoms with Crippen molar-refractivity contribution in [3.05, 3.63) is 57.6 Å². The molecule has 2 aromatic carbocycles. The van der Waals surface area contributed by atoms with Crippen LogP contribution in [0, 0.1) is 6.92 Å². The highest BCUT2D eigenvalue weighted by molar-refractivity contribution is 7.92. The summed E-state index contributed by atoms with van der Waals surface area (Å²) in [5.74, 6) is -0.684. The maximum Gasteiger partial charge on any atom is 0.244 e. The second-order valence-electron chi connectivity index (χ2n) is 9.62. The topological polar surface area (TPSA) is 96.0 Å². The molecular formula is C25H33Cl2N3O5S. The fourth-order valence-electron chi connectivity index (χ4n) is 3.48. The van der Waals surface area contributed by atoms with Crippen molar-refractivity contribution in [3.8, 4) is 5.75 Å². The van der Waals surface area contributed by atoms with Crippen LogP contribution in [0.2, 0.25) is 10.0 Å². The van der Waals surface area contributed by atoms with E-state index >= 15 is 0 Å². The molecule has 2 amide bonds. The first kappa shape index (κ1) is 29.7. The number of methoxy groups -OCH3 is 1. The standard InChI is InChI=1S/C25H33Cl2N3O5S/c1-16-8-11-22(35-6)21(12-16)30(36(7,33)34)15-23(31)29(17(2)24(32)28-25(3,4)5)14-18-9-10-19(26)13-20(18)27/h8-13,17H,14-15H2,1-7H3,(H,28,32)/t17-/m1/s1. The highest BCUT2D eigenvalue weighted by Crippen LogP contribution is 2.31. The smallest absolute Gasteiger partial charge is 0.244 e. The molecule has 0 aliphatic carbocycles. The van der Waals surface area contributed by atoms with Gasteiger partial charge >= 0.3 is 0 Å². The Morgan fingerprint density at radius 1 is 1.11 bits per heavy atom. The molecule has 1 N–H and O–H groups in total. The third kappa shape index (κ3) is 8.01. The first-order chi connectivity index (χ1) is 16.5. The van der Waals surface area contributed by atoms with Crippen LogP contribution in [0.4, 0.5) is 5.69 Å². The molecule has 0 unspecified atom stereocenters. The lowest BCUT2D eigenvalue weighted by molar-refractivity contribution is -0.140. The number of anilines is 1. The first-order valence-corrected chi connectivity index (χ1v) is 13.8. The van der Waals surface area contributed by atoms with Gasteiger partial charge in [-0.15, -0.1) is 0 Å². The maximum absolute atomic E-state index is 13.7.